The molecule has 0 bridgehead atoms. The van der Waals surface area contributed by atoms with E-state index in [9.17, 15) is 13.6 Å². The molecule has 1 aliphatic carbocycles. The normalized spacial score (nSPS) is 33.1. The molecule has 4 heteroatoms. The number of likely N-dealkylation sites (tertiary alicyclic amines) is 1. The zero-order chi connectivity index (χ0) is 10.6. The Labute approximate surface area is 82.3 Å². The highest BCUT2D eigenvalue weighted by Crippen LogP contribution is 2.50. The Morgan fingerprint density at radius 2 is 2.00 bits per heavy atom. The molecule has 1 atom stereocenters. The lowest BCUT2D eigenvalue weighted by Gasteiger charge is -2.19. The Morgan fingerprint density at radius 3 is 2.36 bits per heavy atom. The molecule has 0 unspecified atom stereocenters. The summed E-state index contributed by atoms with van der Waals surface area (Å²) in [6.45, 7) is 5.38. The maximum Gasteiger partial charge on any atom is 0.260 e. The van der Waals surface area contributed by atoms with Gasteiger partial charge in [-0.2, -0.15) is 0 Å². The largest absolute Gasteiger partial charge is 0.342 e. The van der Waals surface area contributed by atoms with Crippen LogP contribution in [0, 0.1) is 11.3 Å². The molecule has 2 rings (SSSR count). The highest BCUT2D eigenvalue weighted by molar-refractivity contribution is 5.83. The summed E-state index contributed by atoms with van der Waals surface area (Å²) in [5, 5.41) is 0. The Bertz CT molecular complexity index is 275. The zero-order valence-corrected chi connectivity index (χ0v) is 8.52. The Morgan fingerprint density at radius 1 is 1.43 bits per heavy atom. The third kappa shape index (κ3) is 1.62. The van der Waals surface area contributed by atoms with Gasteiger partial charge in [-0.3, -0.25) is 4.79 Å². The van der Waals surface area contributed by atoms with Gasteiger partial charge in [0, 0.05) is 19.5 Å². The Hall–Kier alpha value is -0.670. The van der Waals surface area contributed by atoms with Crippen molar-refractivity contribution in [1.29, 1.82) is 0 Å². The highest BCUT2D eigenvalue weighted by atomic mass is 19.3. The second-order valence-electron chi connectivity index (χ2n) is 5.19. The third-order valence-electron chi connectivity index (χ3n) is 3.11. The predicted octanol–water partition coefficient (Wildman–Crippen LogP) is 1.90. The van der Waals surface area contributed by atoms with Gasteiger partial charge in [0.15, 0.2) is 0 Å². The molecule has 1 aliphatic heterocycles. The molecule has 0 N–H and O–H groups in total. The van der Waals surface area contributed by atoms with E-state index in [4.69, 9.17) is 0 Å². The molecule has 14 heavy (non-hydrogen) atoms. The van der Waals surface area contributed by atoms with Crippen molar-refractivity contribution in [3.63, 3.8) is 0 Å². The Balaban J connectivity index is 1.95. The number of rotatable bonds is 1. The standard InChI is InChI=1S/C10H15F2NO/c1-9(2)3-4-13(6-9)8(14)7-5-10(7,11)12/h7H,3-6H2,1-2H3/t7-/m0/s1. The van der Waals surface area contributed by atoms with Crippen LogP contribution in [0.15, 0.2) is 0 Å². The van der Waals surface area contributed by atoms with Crippen LogP contribution in [0.3, 0.4) is 0 Å². The summed E-state index contributed by atoms with van der Waals surface area (Å²) in [7, 11) is 0. The number of hydrogen-bond donors (Lipinski definition) is 0. The van der Waals surface area contributed by atoms with Crippen LogP contribution < -0.4 is 0 Å². The molecule has 0 aromatic rings. The molecular formula is C10H15F2NO. The lowest BCUT2D eigenvalue weighted by Crippen LogP contribution is -2.32. The molecule has 80 valence electrons. The lowest BCUT2D eigenvalue weighted by molar-refractivity contribution is -0.134. The van der Waals surface area contributed by atoms with Crippen molar-refractivity contribution in [1.82, 2.24) is 4.90 Å². The fourth-order valence-electron chi connectivity index (χ4n) is 2.00. The average Bonchev–Trinajstić information content (AvgIpc) is 2.50. The second-order valence-corrected chi connectivity index (χ2v) is 5.19. The summed E-state index contributed by atoms with van der Waals surface area (Å²) in [4.78, 5) is 13.1. The van der Waals surface area contributed by atoms with Gasteiger partial charge in [0.25, 0.3) is 5.92 Å². The van der Waals surface area contributed by atoms with E-state index in [1.165, 1.54) is 0 Å². The molecule has 1 heterocycles. The topological polar surface area (TPSA) is 20.3 Å². The Kier molecular flexibility index (Phi) is 1.88. The van der Waals surface area contributed by atoms with E-state index >= 15 is 0 Å². The van der Waals surface area contributed by atoms with Crippen molar-refractivity contribution in [2.75, 3.05) is 13.1 Å². The van der Waals surface area contributed by atoms with Gasteiger partial charge < -0.3 is 4.90 Å². The van der Waals surface area contributed by atoms with Crippen molar-refractivity contribution in [3.05, 3.63) is 0 Å². The van der Waals surface area contributed by atoms with Gasteiger partial charge in [0.2, 0.25) is 5.91 Å². The SMILES string of the molecule is CC1(C)CCN(C(=O)[C@@H]2CC2(F)F)C1. The van der Waals surface area contributed by atoms with E-state index in [1.807, 2.05) is 0 Å². The van der Waals surface area contributed by atoms with Crippen LogP contribution in [0.5, 0.6) is 0 Å². The fourth-order valence-corrected chi connectivity index (χ4v) is 2.00. The summed E-state index contributed by atoms with van der Waals surface area (Å²) in [6.07, 6.45) is 0.666. The average molecular weight is 203 g/mol. The quantitative estimate of drug-likeness (QED) is 0.637. The monoisotopic (exact) mass is 203 g/mol. The van der Waals surface area contributed by atoms with E-state index < -0.39 is 11.8 Å². The molecule has 2 fully saturated rings. The summed E-state index contributed by atoms with van der Waals surface area (Å²) >= 11 is 0. The van der Waals surface area contributed by atoms with Crippen LogP contribution in [0.25, 0.3) is 0 Å². The number of hydrogen-bond acceptors (Lipinski definition) is 1. The molecule has 0 radical (unpaired) electrons. The molecule has 0 spiro atoms. The van der Waals surface area contributed by atoms with Gasteiger partial charge in [0.05, 0.1) is 0 Å². The fraction of sp³-hybridized carbons (Fsp3) is 0.900. The van der Waals surface area contributed by atoms with E-state index in [1.54, 1.807) is 4.90 Å². The van der Waals surface area contributed by atoms with Crippen LogP contribution >= 0.6 is 0 Å². The lowest BCUT2D eigenvalue weighted by atomic mass is 9.93. The smallest absolute Gasteiger partial charge is 0.260 e. The van der Waals surface area contributed by atoms with Gasteiger partial charge in [-0.1, -0.05) is 13.8 Å². The minimum Gasteiger partial charge on any atom is -0.342 e. The minimum absolute atomic E-state index is 0.0971. The van der Waals surface area contributed by atoms with Crippen LogP contribution in [-0.4, -0.2) is 29.8 Å². The maximum absolute atomic E-state index is 12.6. The first-order valence-electron chi connectivity index (χ1n) is 4.98. The summed E-state index contributed by atoms with van der Waals surface area (Å²) in [6, 6.07) is 0. The van der Waals surface area contributed by atoms with Crippen molar-refractivity contribution < 1.29 is 13.6 Å². The van der Waals surface area contributed by atoms with Crippen LogP contribution in [-0.2, 0) is 4.79 Å². The van der Waals surface area contributed by atoms with E-state index in [0.717, 1.165) is 6.42 Å². The molecular weight excluding hydrogens is 188 g/mol. The molecule has 0 aromatic heterocycles. The summed E-state index contributed by atoms with van der Waals surface area (Å²) < 4.78 is 25.3. The number of amides is 1. The van der Waals surface area contributed by atoms with E-state index in [-0.39, 0.29) is 17.7 Å². The van der Waals surface area contributed by atoms with Crippen molar-refractivity contribution in [3.8, 4) is 0 Å². The van der Waals surface area contributed by atoms with Crippen molar-refractivity contribution in [2.45, 2.75) is 32.6 Å². The van der Waals surface area contributed by atoms with Crippen LogP contribution in [0.4, 0.5) is 8.78 Å². The number of halogens is 2. The molecule has 2 aliphatic rings. The van der Waals surface area contributed by atoms with Gasteiger partial charge in [-0.15, -0.1) is 0 Å². The first-order valence-corrected chi connectivity index (χ1v) is 4.98. The first-order chi connectivity index (χ1) is 6.32. The zero-order valence-electron chi connectivity index (χ0n) is 8.52. The van der Waals surface area contributed by atoms with Crippen molar-refractivity contribution in [2.24, 2.45) is 11.3 Å². The molecule has 2 nitrogen and oxygen atoms in total. The van der Waals surface area contributed by atoms with Gasteiger partial charge in [-0.25, -0.2) is 8.78 Å². The van der Waals surface area contributed by atoms with E-state index in [2.05, 4.69) is 13.8 Å². The van der Waals surface area contributed by atoms with Crippen molar-refractivity contribution >= 4 is 5.91 Å². The number of carbonyl (C=O) groups excluding carboxylic acids is 1. The minimum atomic E-state index is -2.72. The highest BCUT2D eigenvalue weighted by Gasteiger charge is 2.62. The second kappa shape index (κ2) is 2.67. The number of alkyl halides is 2. The van der Waals surface area contributed by atoms with Gasteiger partial charge >= 0.3 is 0 Å². The van der Waals surface area contributed by atoms with E-state index in [0.29, 0.717) is 13.1 Å². The number of carbonyl (C=O) groups is 1. The molecule has 1 amide bonds. The molecule has 0 aromatic carbocycles. The van der Waals surface area contributed by atoms with Gasteiger partial charge in [0.1, 0.15) is 5.92 Å². The third-order valence-corrected chi connectivity index (χ3v) is 3.11. The van der Waals surface area contributed by atoms with Crippen LogP contribution in [0.1, 0.15) is 26.7 Å². The predicted molar refractivity (Wildman–Crippen MR) is 48.0 cm³/mol. The van der Waals surface area contributed by atoms with Gasteiger partial charge in [-0.05, 0) is 11.8 Å². The number of nitrogens with zero attached hydrogens (tertiary/aromatic N) is 1. The maximum atomic E-state index is 12.6. The van der Waals surface area contributed by atoms with Crippen LogP contribution in [0.2, 0.25) is 0 Å². The molecule has 1 saturated carbocycles. The molecule has 1 saturated heterocycles. The summed E-state index contributed by atoms with van der Waals surface area (Å²) in [5.41, 5.74) is 0.0971. The summed E-state index contributed by atoms with van der Waals surface area (Å²) in [5.74, 6) is -4.08. The first kappa shape index (κ1) is 9.87.